The first-order valence-electron chi connectivity index (χ1n) is 10.6. The first-order valence-corrected chi connectivity index (χ1v) is 10.6. The number of carbonyl (C=O) groups is 1. The molecule has 0 saturated heterocycles. The van der Waals surface area contributed by atoms with Gasteiger partial charge in [0.2, 0.25) is 0 Å². The van der Waals surface area contributed by atoms with Gasteiger partial charge in [-0.15, -0.1) is 0 Å². The Balaban J connectivity index is 1.63. The van der Waals surface area contributed by atoms with Crippen LogP contribution in [0.5, 0.6) is 0 Å². The van der Waals surface area contributed by atoms with Gasteiger partial charge in [-0.3, -0.25) is 4.79 Å². The number of fused-ring (bicyclic) bond motifs is 3. The van der Waals surface area contributed by atoms with Crippen LogP contribution in [-0.2, 0) is 0 Å². The van der Waals surface area contributed by atoms with Crippen LogP contribution in [0.25, 0.3) is 21.7 Å². The fourth-order valence-corrected chi connectivity index (χ4v) is 4.83. The van der Waals surface area contributed by atoms with Crippen molar-refractivity contribution in [1.29, 1.82) is 0 Å². The maximum atomic E-state index is 13.2. The third-order valence-corrected chi connectivity index (χ3v) is 6.74. The maximum absolute atomic E-state index is 13.2. The lowest BCUT2D eigenvalue weighted by molar-refractivity contribution is 0.103. The van der Waals surface area contributed by atoms with E-state index in [1.807, 2.05) is 42.5 Å². The van der Waals surface area contributed by atoms with Gasteiger partial charge in [-0.05, 0) is 60.7 Å². The van der Waals surface area contributed by atoms with E-state index < -0.39 is 5.63 Å². The second-order valence-corrected chi connectivity index (χ2v) is 9.26. The maximum Gasteiger partial charge on any atom is 0.347 e. The van der Waals surface area contributed by atoms with E-state index in [1.54, 1.807) is 12.1 Å². The zero-order valence-corrected chi connectivity index (χ0v) is 18.2. The van der Waals surface area contributed by atoms with Crippen LogP contribution in [0.3, 0.4) is 0 Å². The van der Waals surface area contributed by atoms with E-state index in [9.17, 15) is 9.59 Å². The number of rotatable bonds is 2. The summed E-state index contributed by atoms with van der Waals surface area (Å²) in [5, 5.41) is 2.80. The standard InChI is InChI=1S/C27H25NO3/c1-16-15-27(2,3)28(4)23-14-24-20(12-21(16)23)13-22(26(30)31-24)25(29)19-10-9-17-7-5-6-8-18(17)11-19/h5-14,16H,15H2,1-4H3. The number of benzene rings is 3. The van der Waals surface area contributed by atoms with Crippen molar-refractivity contribution < 1.29 is 9.21 Å². The van der Waals surface area contributed by atoms with E-state index in [-0.39, 0.29) is 16.9 Å². The van der Waals surface area contributed by atoms with Gasteiger partial charge in [0.05, 0.1) is 0 Å². The van der Waals surface area contributed by atoms with Crippen LogP contribution in [0, 0.1) is 0 Å². The summed E-state index contributed by atoms with van der Waals surface area (Å²) in [7, 11) is 2.08. The minimum Gasteiger partial charge on any atom is -0.422 e. The predicted molar refractivity (Wildman–Crippen MR) is 125 cm³/mol. The molecular formula is C27H25NO3. The number of anilines is 1. The molecule has 4 heteroatoms. The number of ketones is 1. The topological polar surface area (TPSA) is 50.5 Å². The molecule has 4 aromatic rings. The van der Waals surface area contributed by atoms with Crippen molar-refractivity contribution in [3.63, 3.8) is 0 Å². The largest absolute Gasteiger partial charge is 0.422 e. The van der Waals surface area contributed by atoms with Gasteiger partial charge in [0.1, 0.15) is 11.1 Å². The molecular weight excluding hydrogens is 386 g/mol. The molecule has 5 rings (SSSR count). The van der Waals surface area contributed by atoms with Gasteiger partial charge in [-0.1, -0.05) is 43.3 Å². The second kappa shape index (κ2) is 6.81. The molecule has 0 N–H and O–H groups in total. The van der Waals surface area contributed by atoms with Gasteiger partial charge in [-0.2, -0.15) is 0 Å². The number of hydrogen-bond acceptors (Lipinski definition) is 4. The summed E-state index contributed by atoms with van der Waals surface area (Å²) in [5.41, 5.74) is 2.78. The number of hydrogen-bond donors (Lipinski definition) is 0. The third kappa shape index (κ3) is 3.14. The molecule has 1 aliphatic rings. The quantitative estimate of drug-likeness (QED) is 0.304. The highest BCUT2D eigenvalue weighted by atomic mass is 16.4. The highest BCUT2D eigenvalue weighted by Gasteiger charge is 2.34. The van der Waals surface area contributed by atoms with E-state index in [4.69, 9.17) is 4.42 Å². The first-order chi connectivity index (χ1) is 14.7. The Hall–Kier alpha value is -3.40. The van der Waals surface area contributed by atoms with E-state index in [0.29, 0.717) is 17.1 Å². The van der Waals surface area contributed by atoms with Crippen molar-refractivity contribution in [2.45, 2.75) is 38.6 Å². The van der Waals surface area contributed by atoms with Crippen molar-refractivity contribution in [3.8, 4) is 0 Å². The van der Waals surface area contributed by atoms with Gasteiger partial charge >= 0.3 is 5.63 Å². The van der Waals surface area contributed by atoms with Gasteiger partial charge in [0.15, 0.2) is 5.78 Å². The molecule has 0 radical (unpaired) electrons. The first kappa shape index (κ1) is 19.6. The zero-order valence-electron chi connectivity index (χ0n) is 18.2. The molecule has 3 aromatic carbocycles. The van der Waals surface area contributed by atoms with Crippen LogP contribution in [0.4, 0.5) is 5.69 Å². The lowest BCUT2D eigenvalue weighted by atomic mass is 9.80. The van der Waals surface area contributed by atoms with E-state index in [2.05, 4.69) is 38.8 Å². The molecule has 0 spiro atoms. The van der Waals surface area contributed by atoms with E-state index in [1.165, 1.54) is 5.56 Å². The molecule has 0 amide bonds. The molecule has 1 aromatic heterocycles. The smallest absolute Gasteiger partial charge is 0.347 e. The molecule has 156 valence electrons. The Labute approximate surface area is 181 Å². The van der Waals surface area contributed by atoms with Gasteiger partial charge in [-0.25, -0.2) is 4.79 Å². The Morgan fingerprint density at radius 3 is 2.52 bits per heavy atom. The molecule has 0 saturated carbocycles. The Morgan fingerprint density at radius 1 is 1.00 bits per heavy atom. The summed E-state index contributed by atoms with van der Waals surface area (Å²) in [4.78, 5) is 28.2. The van der Waals surface area contributed by atoms with Gasteiger partial charge < -0.3 is 9.32 Å². The van der Waals surface area contributed by atoms with Crippen molar-refractivity contribution >= 4 is 33.2 Å². The lowest BCUT2D eigenvalue weighted by Gasteiger charge is -2.45. The molecule has 0 fully saturated rings. The zero-order chi connectivity index (χ0) is 21.9. The van der Waals surface area contributed by atoms with Crippen LogP contribution < -0.4 is 10.5 Å². The predicted octanol–water partition coefficient (Wildman–Crippen LogP) is 5.90. The van der Waals surface area contributed by atoms with Crippen molar-refractivity contribution in [1.82, 2.24) is 0 Å². The van der Waals surface area contributed by atoms with Crippen LogP contribution in [-0.4, -0.2) is 18.4 Å². The molecule has 4 nitrogen and oxygen atoms in total. The average molecular weight is 412 g/mol. The molecule has 0 aliphatic carbocycles. The molecule has 0 bridgehead atoms. The van der Waals surface area contributed by atoms with Gasteiger partial charge in [0, 0.05) is 35.3 Å². The molecule has 2 heterocycles. The Morgan fingerprint density at radius 2 is 1.74 bits per heavy atom. The fraction of sp³-hybridized carbons (Fsp3) is 0.259. The van der Waals surface area contributed by atoms with E-state index >= 15 is 0 Å². The minimum atomic E-state index is -0.601. The van der Waals surface area contributed by atoms with Crippen LogP contribution >= 0.6 is 0 Å². The monoisotopic (exact) mass is 411 g/mol. The van der Waals surface area contributed by atoms with Crippen molar-refractivity contribution in [3.05, 3.63) is 87.8 Å². The molecule has 1 aliphatic heterocycles. The van der Waals surface area contributed by atoms with Crippen LogP contribution in [0.1, 0.15) is 54.6 Å². The van der Waals surface area contributed by atoms with E-state index in [0.717, 1.165) is 28.3 Å². The second-order valence-electron chi connectivity index (χ2n) is 9.26. The summed E-state index contributed by atoms with van der Waals surface area (Å²) >= 11 is 0. The normalized spacial score (nSPS) is 17.7. The van der Waals surface area contributed by atoms with Gasteiger partial charge in [0.25, 0.3) is 0 Å². The van der Waals surface area contributed by atoms with Crippen molar-refractivity contribution in [2.24, 2.45) is 0 Å². The lowest BCUT2D eigenvalue weighted by Crippen LogP contribution is -2.45. The third-order valence-electron chi connectivity index (χ3n) is 6.74. The Kier molecular flexibility index (Phi) is 4.30. The number of carbonyl (C=O) groups excluding carboxylic acids is 1. The SMILES string of the molecule is CC1CC(C)(C)N(C)c2cc3oc(=O)c(C(=O)c4ccc5ccccc5c4)cc3cc21. The molecule has 1 atom stereocenters. The highest BCUT2D eigenvalue weighted by molar-refractivity contribution is 6.11. The average Bonchev–Trinajstić information content (AvgIpc) is 2.75. The summed E-state index contributed by atoms with van der Waals surface area (Å²) < 4.78 is 5.64. The van der Waals surface area contributed by atoms with Crippen LogP contribution in [0.15, 0.2) is 69.9 Å². The Bertz CT molecular complexity index is 1410. The summed E-state index contributed by atoms with van der Waals surface area (Å²) in [6.45, 7) is 6.66. The minimum absolute atomic E-state index is 0.0202. The summed E-state index contributed by atoms with van der Waals surface area (Å²) in [6, 6.07) is 19.0. The van der Waals surface area contributed by atoms with Crippen molar-refractivity contribution in [2.75, 3.05) is 11.9 Å². The molecule has 31 heavy (non-hydrogen) atoms. The molecule has 1 unspecified atom stereocenters. The summed E-state index contributed by atoms with van der Waals surface area (Å²) in [5.74, 6) is 0.0580. The highest BCUT2D eigenvalue weighted by Crippen LogP contribution is 2.43. The summed E-state index contributed by atoms with van der Waals surface area (Å²) in [6.07, 6.45) is 1.03. The fourth-order valence-electron chi connectivity index (χ4n) is 4.83. The van der Waals surface area contributed by atoms with Crippen LogP contribution in [0.2, 0.25) is 0 Å². The number of nitrogens with zero attached hydrogens (tertiary/aromatic N) is 1.